The number of amides is 2. The minimum Gasteiger partial charge on any atom is -0.339 e. The van der Waals surface area contributed by atoms with E-state index in [1.54, 1.807) is 4.90 Å². The van der Waals surface area contributed by atoms with Crippen molar-refractivity contribution < 1.29 is 9.59 Å². The number of nitrogens with zero attached hydrogens (tertiary/aromatic N) is 2. The highest BCUT2D eigenvalue weighted by atomic mass is 35.5. The zero-order chi connectivity index (χ0) is 16.7. The maximum absolute atomic E-state index is 12.9. The minimum absolute atomic E-state index is 0. The van der Waals surface area contributed by atoms with Gasteiger partial charge in [-0.2, -0.15) is 0 Å². The molecule has 0 radical (unpaired) electrons. The van der Waals surface area contributed by atoms with Gasteiger partial charge in [-0.05, 0) is 50.3 Å². The van der Waals surface area contributed by atoms with Gasteiger partial charge in [0.1, 0.15) is 0 Å². The van der Waals surface area contributed by atoms with Gasteiger partial charge in [0, 0.05) is 49.4 Å². The Morgan fingerprint density at radius 2 is 1.96 bits per heavy atom. The highest BCUT2D eigenvalue weighted by Crippen LogP contribution is 2.30. The predicted octanol–water partition coefficient (Wildman–Crippen LogP) is 2.59. The number of fused-ring (bicyclic) bond motifs is 2. The molecule has 6 heteroatoms. The van der Waals surface area contributed by atoms with Crippen molar-refractivity contribution in [2.75, 3.05) is 18.5 Å². The summed E-state index contributed by atoms with van der Waals surface area (Å²) in [5.74, 6) is 0.220. The summed E-state index contributed by atoms with van der Waals surface area (Å²) in [6, 6.07) is 8.98. The van der Waals surface area contributed by atoms with E-state index in [9.17, 15) is 9.59 Å². The number of carbonyl (C=O) groups is 2. The van der Waals surface area contributed by atoms with E-state index in [1.165, 1.54) is 12.8 Å². The van der Waals surface area contributed by atoms with Gasteiger partial charge in [-0.3, -0.25) is 9.59 Å². The summed E-state index contributed by atoms with van der Waals surface area (Å²) in [6.45, 7) is 0.754. The van der Waals surface area contributed by atoms with Gasteiger partial charge in [0.05, 0.1) is 0 Å². The van der Waals surface area contributed by atoms with Crippen LogP contribution in [0.15, 0.2) is 24.3 Å². The molecule has 25 heavy (non-hydrogen) atoms. The van der Waals surface area contributed by atoms with Gasteiger partial charge in [0.2, 0.25) is 5.91 Å². The highest BCUT2D eigenvalue weighted by Gasteiger charge is 2.36. The first kappa shape index (κ1) is 18.2. The van der Waals surface area contributed by atoms with Crippen molar-refractivity contribution in [1.82, 2.24) is 10.2 Å². The van der Waals surface area contributed by atoms with E-state index in [4.69, 9.17) is 0 Å². The zero-order valence-electron chi connectivity index (χ0n) is 14.6. The van der Waals surface area contributed by atoms with E-state index in [0.717, 1.165) is 31.5 Å². The third-order valence-corrected chi connectivity index (χ3v) is 5.79. The highest BCUT2D eigenvalue weighted by molar-refractivity contribution is 5.99. The average molecular weight is 364 g/mol. The van der Waals surface area contributed by atoms with Gasteiger partial charge in [0.15, 0.2) is 0 Å². The van der Waals surface area contributed by atoms with E-state index in [2.05, 4.69) is 5.32 Å². The van der Waals surface area contributed by atoms with Crippen LogP contribution < -0.4 is 10.2 Å². The van der Waals surface area contributed by atoms with Gasteiger partial charge in [-0.25, -0.2) is 0 Å². The monoisotopic (exact) mass is 363 g/mol. The summed E-state index contributed by atoms with van der Waals surface area (Å²) in [5, 5.41) is 3.62. The summed E-state index contributed by atoms with van der Waals surface area (Å²) >= 11 is 0. The number of nitrogens with one attached hydrogen (secondary N) is 1. The lowest BCUT2D eigenvalue weighted by atomic mass is 9.98. The van der Waals surface area contributed by atoms with Crippen LogP contribution in [0.2, 0.25) is 0 Å². The molecule has 2 unspecified atom stereocenters. The SMILES string of the molecule is CN(C(=O)c1cccc(N2CCCC2=O)c1)C1CC2CCC(C1)N2.Cl. The Balaban J connectivity index is 0.00000182. The third kappa shape index (κ3) is 3.53. The summed E-state index contributed by atoms with van der Waals surface area (Å²) < 4.78 is 0. The van der Waals surface area contributed by atoms with E-state index in [0.29, 0.717) is 30.1 Å². The van der Waals surface area contributed by atoms with Crippen molar-refractivity contribution in [3.63, 3.8) is 0 Å². The molecule has 3 saturated heterocycles. The number of carbonyl (C=O) groups excluding carboxylic acids is 2. The minimum atomic E-state index is 0. The molecule has 2 bridgehead atoms. The van der Waals surface area contributed by atoms with Crippen molar-refractivity contribution in [1.29, 1.82) is 0 Å². The molecule has 3 aliphatic heterocycles. The fraction of sp³-hybridized carbons (Fsp3) is 0.579. The second-order valence-electron chi connectivity index (χ2n) is 7.38. The lowest BCUT2D eigenvalue weighted by Gasteiger charge is -2.35. The quantitative estimate of drug-likeness (QED) is 0.898. The van der Waals surface area contributed by atoms with Gasteiger partial charge in [-0.15, -0.1) is 12.4 Å². The Morgan fingerprint density at radius 3 is 2.60 bits per heavy atom. The van der Waals surface area contributed by atoms with Crippen LogP contribution in [-0.2, 0) is 4.79 Å². The number of benzene rings is 1. The Morgan fingerprint density at radius 1 is 1.24 bits per heavy atom. The molecule has 1 aromatic rings. The van der Waals surface area contributed by atoms with Crippen LogP contribution in [0.4, 0.5) is 5.69 Å². The first-order chi connectivity index (χ1) is 11.6. The van der Waals surface area contributed by atoms with Crippen molar-refractivity contribution in [2.45, 2.75) is 56.7 Å². The first-order valence-corrected chi connectivity index (χ1v) is 9.05. The van der Waals surface area contributed by atoms with Crippen LogP contribution >= 0.6 is 12.4 Å². The van der Waals surface area contributed by atoms with Crippen molar-refractivity contribution in [3.05, 3.63) is 29.8 Å². The van der Waals surface area contributed by atoms with Gasteiger partial charge in [-0.1, -0.05) is 6.07 Å². The van der Waals surface area contributed by atoms with Crippen LogP contribution in [0.25, 0.3) is 0 Å². The van der Waals surface area contributed by atoms with Crippen molar-refractivity contribution in [3.8, 4) is 0 Å². The lowest BCUT2D eigenvalue weighted by Crippen LogP contribution is -2.48. The fourth-order valence-electron chi connectivity index (χ4n) is 4.44. The number of rotatable bonds is 3. The van der Waals surface area contributed by atoms with E-state index in [-0.39, 0.29) is 24.2 Å². The Labute approximate surface area is 155 Å². The molecule has 1 aromatic carbocycles. The molecule has 4 rings (SSSR count). The summed E-state index contributed by atoms with van der Waals surface area (Å²) in [4.78, 5) is 28.6. The molecule has 3 aliphatic rings. The van der Waals surface area contributed by atoms with Crippen molar-refractivity contribution in [2.24, 2.45) is 0 Å². The summed E-state index contributed by atoms with van der Waals surface area (Å²) in [5.41, 5.74) is 1.53. The molecule has 5 nitrogen and oxygen atoms in total. The third-order valence-electron chi connectivity index (χ3n) is 5.79. The Kier molecular flexibility index (Phi) is 5.35. The van der Waals surface area contributed by atoms with Gasteiger partial charge < -0.3 is 15.1 Å². The molecule has 0 aliphatic carbocycles. The van der Waals surface area contributed by atoms with Crippen LogP contribution in [0, 0.1) is 0 Å². The molecule has 1 N–H and O–H groups in total. The normalized spacial score (nSPS) is 28.0. The molecule has 3 fully saturated rings. The number of anilines is 1. The largest absolute Gasteiger partial charge is 0.339 e. The maximum atomic E-state index is 12.9. The van der Waals surface area contributed by atoms with E-state index >= 15 is 0 Å². The van der Waals surface area contributed by atoms with Crippen LogP contribution in [0.5, 0.6) is 0 Å². The molecule has 136 valence electrons. The maximum Gasteiger partial charge on any atom is 0.253 e. The fourth-order valence-corrected chi connectivity index (χ4v) is 4.44. The average Bonchev–Trinajstić information content (AvgIpc) is 3.18. The predicted molar refractivity (Wildman–Crippen MR) is 100 cm³/mol. The summed E-state index contributed by atoms with van der Waals surface area (Å²) in [7, 11) is 1.92. The van der Waals surface area contributed by atoms with Gasteiger partial charge in [0.25, 0.3) is 5.91 Å². The molecule has 2 amide bonds. The number of hydrogen-bond donors (Lipinski definition) is 1. The zero-order valence-corrected chi connectivity index (χ0v) is 15.4. The molecular weight excluding hydrogens is 338 g/mol. The topological polar surface area (TPSA) is 52.7 Å². The molecule has 2 atom stereocenters. The molecule has 3 heterocycles. The second-order valence-corrected chi connectivity index (χ2v) is 7.38. The standard InChI is InChI=1S/C19H25N3O2.ClH/c1-21(17-11-14-7-8-15(12-17)20-14)19(24)13-4-2-5-16(10-13)22-9-3-6-18(22)23;/h2,4-5,10,14-15,17,20H,3,6-9,11-12H2,1H3;1H. The molecule has 0 saturated carbocycles. The Bertz CT molecular complexity index is 654. The number of halogens is 1. The smallest absolute Gasteiger partial charge is 0.253 e. The lowest BCUT2D eigenvalue weighted by molar-refractivity contribution is -0.117. The van der Waals surface area contributed by atoms with E-state index < -0.39 is 0 Å². The first-order valence-electron chi connectivity index (χ1n) is 9.05. The molecule has 0 spiro atoms. The summed E-state index contributed by atoms with van der Waals surface area (Å²) in [6.07, 6.45) is 6.06. The van der Waals surface area contributed by atoms with Crippen LogP contribution in [0.3, 0.4) is 0 Å². The van der Waals surface area contributed by atoms with E-state index in [1.807, 2.05) is 36.2 Å². The molecule has 0 aromatic heterocycles. The Hall–Kier alpha value is -1.59. The second kappa shape index (κ2) is 7.34. The number of piperidine rings is 1. The number of hydrogen-bond acceptors (Lipinski definition) is 3. The molecular formula is C19H26ClN3O2. The van der Waals surface area contributed by atoms with Crippen LogP contribution in [-0.4, -0.2) is 48.4 Å². The van der Waals surface area contributed by atoms with Crippen LogP contribution in [0.1, 0.15) is 48.9 Å². The van der Waals surface area contributed by atoms with Crippen molar-refractivity contribution >= 4 is 29.9 Å². The van der Waals surface area contributed by atoms with Gasteiger partial charge >= 0.3 is 0 Å².